The van der Waals surface area contributed by atoms with Crippen molar-refractivity contribution in [2.75, 3.05) is 53.3 Å². The van der Waals surface area contributed by atoms with E-state index in [1.54, 1.807) is 18.2 Å². The van der Waals surface area contributed by atoms with Crippen LogP contribution in [-0.4, -0.2) is 73.8 Å². The number of ether oxygens (including phenoxy) is 1. The molecule has 0 amide bonds. The molecule has 8 nitrogen and oxygen atoms in total. The minimum absolute atomic E-state index is 0. The van der Waals surface area contributed by atoms with Gasteiger partial charge in [-0.3, -0.25) is 0 Å². The van der Waals surface area contributed by atoms with E-state index in [-0.39, 0.29) is 22.2 Å². The maximum absolute atomic E-state index is 12.7. The first-order valence-corrected chi connectivity index (χ1v) is 12.8. The second-order valence-electron chi connectivity index (χ2n) is 7.83. The van der Waals surface area contributed by atoms with Gasteiger partial charge in [0.25, 0.3) is 0 Å². The van der Waals surface area contributed by atoms with Gasteiger partial charge in [0.1, 0.15) is 10.6 Å². The van der Waals surface area contributed by atoms with E-state index in [4.69, 9.17) is 4.74 Å². The lowest BCUT2D eigenvalue weighted by Crippen LogP contribution is -2.26. The number of hydrogen-bond donors (Lipinski definition) is 0. The van der Waals surface area contributed by atoms with E-state index in [0.717, 1.165) is 29.8 Å². The zero-order valence-electron chi connectivity index (χ0n) is 18.9. The second-order valence-corrected chi connectivity index (χ2v) is 12.1. The molecule has 1 aliphatic heterocycles. The Morgan fingerprint density at radius 1 is 0.812 bits per heavy atom. The van der Waals surface area contributed by atoms with Crippen molar-refractivity contribution in [3.8, 4) is 5.75 Å². The van der Waals surface area contributed by atoms with Crippen LogP contribution in [0.4, 0.5) is 5.69 Å². The lowest BCUT2D eigenvalue weighted by atomic mass is 10.0. The number of hydrogen-bond acceptors (Lipinski definition) is 6. The van der Waals surface area contributed by atoms with Gasteiger partial charge < -0.3 is 9.64 Å². The van der Waals surface area contributed by atoms with Crippen LogP contribution in [0.3, 0.4) is 0 Å². The Labute approximate surface area is 197 Å². The summed E-state index contributed by atoms with van der Waals surface area (Å²) in [5.41, 5.74) is 2.97. The zero-order valence-corrected chi connectivity index (χ0v) is 21.3. The minimum atomic E-state index is -3.62. The topological polar surface area (TPSA) is 87.2 Å². The Hall–Kier alpha value is -1.85. The fourth-order valence-corrected chi connectivity index (χ4v) is 5.57. The van der Waals surface area contributed by atoms with Crippen LogP contribution < -0.4 is 9.64 Å². The van der Waals surface area contributed by atoms with Gasteiger partial charge in [0.2, 0.25) is 20.0 Å². The number of nitrogens with zero attached hydrogens (tertiary/aromatic N) is 3. The minimum Gasteiger partial charge on any atom is -0.495 e. The summed E-state index contributed by atoms with van der Waals surface area (Å²) >= 11 is 0. The second kappa shape index (κ2) is 9.96. The van der Waals surface area contributed by atoms with Crippen LogP contribution in [0.1, 0.15) is 11.1 Å². The molecule has 0 radical (unpaired) electrons. The van der Waals surface area contributed by atoms with Crippen LogP contribution >= 0.6 is 12.4 Å². The molecule has 0 N–H and O–H groups in total. The molecule has 0 unspecified atom stereocenters. The summed E-state index contributed by atoms with van der Waals surface area (Å²) in [7, 11) is 0.405. The van der Waals surface area contributed by atoms with Crippen molar-refractivity contribution in [3.63, 3.8) is 0 Å². The third-order valence-corrected chi connectivity index (χ3v) is 9.19. The molecule has 0 aromatic heterocycles. The highest BCUT2D eigenvalue weighted by molar-refractivity contribution is 7.89. The summed E-state index contributed by atoms with van der Waals surface area (Å²) < 4.78 is 57.8. The summed E-state index contributed by atoms with van der Waals surface area (Å²) in [5.74, 6) is 0.346. The fraction of sp³-hybridized carbons (Fsp3) is 0.429. The number of rotatable bonds is 6. The van der Waals surface area contributed by atoms with Gasteiger partial charge in [-0.05, 0) is 60.4 Å². The third-order valence-electron chi connectivity index (χ3n) is 5.53. The summed E-state index contributed by atoms with van der Waals surface area (Å²) in [6.45, 7) is 1.43. The van der Waals surface area contributed by atoms with Gasteiger partial charge in [-0.15, -0.1) is 12.4 Å². The number of methoxy groups -OCH3 is 1. The molecule has 3 rings (SSSR count). The van der Waals surface area contributed by atoms with Crippen molar-refractivity contribution in [3.05, 3.63) is 47.5 Å². The molecule has 0 bridgehead atoms. The largest absolute Gasteiger partial charge is 0.495 e. The smallest absolute Gasteiger partial charge is 0.246 e. The highest BCUT2D eigenvalue weighted by Crippen LogP contribution is 2.32. The zero-order chi connectivity index (χ0) is 23.0. The summed E-state index contributed by atoms with van der Waals surface area (Å²) in [6.07, 6.45) is 1.40. The van der Waals surface area contributed by atoms with E-state index in [1.807, 2.05) is 18.2 Å². The molecule has 0 fully saturated rings. The quantitative estimate of drug-likeness (QED) is 0.600. The van der Waals surface area contributed by atoms with Gasteiger partial charge in [0.15, 0.2) is 0 Å². The van der Waals surface area contributed by atoms with Crippen molar-refractivity contribution >= 4 is 38.1 Å². The van der Waals surface area contributed by atoms with E-state index in [1.165, 1.54) is 43.9 Å². The van der Waals surface area contributed by atoms with Crippen molar-refractivity contribution in [2.24, 2.45) is 0 Å². The normalized spacial score (nSPS) is 14.7. The number of anilines is 1. The number of halogens is 1. The van der Waals surface area contributed by atoms with Crippen LogP contribution in [0.25, 0.3) is 0 Å². The van der Waals surface area contributed by atoms with Crippen molar-refractivity contribution in [1.82, 2.24) is 8.61 Å². The van der Waals surface area contributed by atoms with Crippen molar-refractivity contribution in [1.29, 1.82) is 0 Å². The van der Waals surface area contributed by atoms with Crippen LogP contribution in [0.15, 0.2) is 46.2 Å². The molecule has 0 saturated heterocycles. The highest BCUT2D eigenvalue weighted by atomic mass is 35.5. The average molecular weight is 504 g/mol. The summed E-state index contributed by atoms with van der Waals surface area (Å²) in [6, 6.07) is 10.4. The maximum Gasteiger partial charge on any atom is 0.246 e. The predicted octanol–water partition coefficient (Wildman–Crippen LogP) is 2.22. The molecule has 0 spiro atoms. The Balaban J connectivity index is 0.00000363. The van der Waals surface area contributed by atoms with E-state index < -0.39 is 20.0 Å². The molecule has 11 heteroatoms. The van der Waals surface area contributed by atoms with Gasteiger partial charge >= 0.3 is 0 Å². The number of fused-ring (bicyclic) bond motifs is 1. The molecule has 2 aromatic rings. The van der Waals surface area contributed by atoms with Gasteiger partial charge in [-0.2, -0.15) is 0 Å². The fourth-order valence-electron chi connectivity index (χ4n) is 3.59. The standard InChI is InChI=1S/C21H29N3O5S2.ClH/c1-22(2)30(25,26)19-8-6-18(7-9-19)24-12-10-16-14-20(29-5)21(15-17(16)11-13-24)31(27,28)23(3)4;/h6-9,14-15H,10-13H2,1-5H3;1H. The molecular weight excluding hydrogens is 474 g/mol. The SMILES string of the molecule is COc1cc2c(cc1S(=O)(=O)N(C)C)CCN(c1ccc(S(=O)(=O)N(C)C)cc1)CC2.Cl. The lowest BCUT2D eigenvalue weighted by Gasteiger charge is -2.23. The highest BCUT2D eigenvalue weighted by Gasteiger charge is 2.26. The molecule has 1 heterocycles. The molecule has 0 atom stereocenters. The average Bonchev–Trinajstić information content (AvgIpc) is 2.94. The Bertz CT molecular complexity index is 1160. The molecule has 32 heavy (non-hydrogen) atoms. The van der Waals surface area contributed by atoms with Gasteiger partial charge in [-0.25, -0.2) is 25.4 Å². The van der Waals surface area contributed by atoms with E-state index in [2.05, 4.69) is 4.90 Å². The number of sulfonamides is 2. The summed E-state index contributed by atoms with van der Waals surface area (Å²) in [5, 5.41) is 0. The predicted molar refractivity (Wildman–Crippen MR) is 128 cm³/mol. The number of benzene rings is 2. The first-order valence-electron chi connectivity index (χ1n) is 9.88. The van der Waals surface area contributed by atoms with Crippen LogP contribution in [0, 0.1) is 0 Å². The maximum atomic E-state index is 12.7. The van der Waals surface area contributed by atoms with E-state index >= 15 is 0 Å². The lowest BCUT2D eigenvalue weighted by molar-refractivity contribution is 0.399. The molecule has 0 aliphatic carbocycles. The Kier molecular flexibility index (Phi) is 8.22. The van der Waals surface area contributed by atoms with Crippen molar-refractivity contribution in [2.45, 2.75) is 22.6 Å². The van der Waals surface area contributed by atoms with Crippen LogP contribution in [0.2, 0.25) is 0 Å². The molecule has 0 saturated carbocycles. The monoisotopic (exact) mass is 503 g/mol. The van der Waals surface area contributed by atoms with E-state index in [0.29, 0.717) is 18.7 Å². The molecule has 1 aliphatic rings. The first-order chi connectivity index (χ1) is 14.5. The molecule has 178 valence electrons. The summed E-state index contributed by atoms with van der Waals surface area (Å²) in [4.78, 5) is 2.60. The van der Waals surface area contributed by atoms with Gasteiger partial charge in [0.05, 0.1) is 12.0 Å². The third kappa shape index (κ3) is 5.04. The van der Waals surface area contributed by atoms with Gasteiger partial charge in [-0.1, -0.05) is 0 Å². The van der Waals surface area contributed by atoms with Gasteiger partial charge in [0, 0.05) is 47.0 Å². The first kappa shape index (κ1) is 26.4. The van der Waals surface area contributed by atoms with Crippen LogP contribution in [-0.2, 0) is 32.9 Å². The molecule has 2 aromatic carbocycles. The Morgan fingerprint density at radius 3 is 1.78 bits per heavy atom. The van der Waals surface area contributed by atoms with Crippen molar-refractivity contribution < 1.29 is 21.6 Å². The van der Waals surface area contributed by atoms with Crippen LogP contribution in [0.5, 0.6) is 5.75 Å². The molecular formula is C21H30ClN3O5S2. The van der Waals surface area contributed by atoms with E-state index in [9.17, 15) is 16.8 Å². The Morgan fingerprint density at radius 2 is 1.31 bits per heavy atom.